The summed E-state index contributed by atoms with van der Waals surface area (Å²) in [4.78, 5) is 0. The monoisotopic (exact) mass is 216 g/mol. The molecule has 2 unspecified atom stereocenters. The summed E-state index contributed by atoms with van der Waals surface area (Å²) in [5, 5.41) is 9.69. The molecule has 0 aromatic heterocycles. The van der Waals surface area contributed by atoms with Gasteiger partial charge in [-0.15, -0.1) is 0 Å². The van der Waals surface area contributed by atoms with Gasteiger partial charge >= 0.3 is 0 Å². The Labute approximate surface area is 98.1 Å². The summed E-state index contributed by atoms with van der Waals surface area (Å²) in [6, 6.07) is 10.1. The number of aliphatic hydroxyl groups is 1. The first-order valence-corrected chi connectivity index (χ1v) is 5.82. The SMILES string of the molecule is CCC(C)C(O)/C=C/C=C/c1ccccc1. The van der Waals surface area contributed by atoms with Crippen molar-refractivity contribution in [3.8, 4) is 0 Å². The second-order valence-corrected chi connectivity index (χ2v) is 4.03. The van der Waals surface area contributed by atoms with E-state index >= 15 is 0 Å². The maximum atomic E-state index is 9.69. The van der Waals surface area contributed by atoms with Crippen LogP contribution in [0.2, 0.25) is 0 Å². The Morgan fingerprint density at radius 2 is 1.88 bits per heavy atom. The normalized spacial score (nSPS) is 15.7. The van der Waals surface area contributed by atoms with E-state index in [1.807, 2.05) is 42.5 Å². The van der Waals surface area contributed by atoms with Crippen LogP contribution >= 0.6 is 0 Å². The maximum absolute atomic E-state index is 9.69. The number of hydrogen-bond acceptors (Lipinski definition) is 1. The van der Waals surface area contributed by atoms with Crippen molar-refractivity contribution in [3.05, 3.63) is 54.1 Å². The van der Waals surface area contributed by atoms with Gasteiger partial charge in [-0.1, -0.05) is 74.9 Å². The molecule has 86 valence electrons. The molecule has 16 heavy (non-hydrogen) atoms. The lowest BCUT2D eigenvalue weighted by Gasteiger charge is -2.11. The minimum absolute atomic E-state index is 0.321. The Kier molecular flexibility index (Phi) is 5.58. The van der Waals surface area contributed by atoms with E-state index in [-0.39, 0.29) is 6.10 Å². The van der Waals surface area contributed by atoms with Gasteiger partial charge in [0.05, 0.1) is 6.10 Å². The lowest BCUT2D eigenvalue weighted by molar-refractivity contribution is 0.160. The van der Waals surface area contributed by atoms with Crippen molar-refractivity contribution < 1.29 is 5.11 Å². The summed E-state index contributed by atoms with van der Waals surface area (Å²) in [6.07, 6.45) is 8.39. The molecule has 0 bridgehead atoms. The van der Waals surface area contributed by atoms with Gasteiger partial charge in [-0.05, 0) is 11.5 Å². The molecule has 0 aliphatic carbocycles. The molecule has 1 aromatic rings. The molecule has 0 amide bonds. The highest BCUT2D eigenvalue weighted by Crippen LogP contribution is 2.08. The Morgan fingerprint density at radius 1 is 1.19 bits per heavy atom. The first kappa shape index (κ1) is 12.7. The third-order valence-corrected chi connectivity index (χ3v) is 2.73. The van der Waals surface area contributed by atoms with Gasteiger partial charge in [-0.2, -0.15) is 0 Å². The summed E-state index contributed by atoms with van der Waals surface area (Å²) < 4.78 is 0. The van der Waals surface area contributed by atoms with Crippen molar-refractivity contribution in [2.24, 2.45) is 5.92 Å². The van der Waals surface area contributed by atoms with E-state index < -0.39 is 0 Å². The van der Waals surface area contributed by atoms with Gasteiger partial charge in [0.1, 0.15) is 0 Å². The Hall–Kier alpha value is -1.34. The second-order valence-electron chi connectivity index (χ2n) is 4.03. The van der Waals surface area contributed by atoms with Crippen LogP contribution in [0.3, 0.4) is 0 Å². The van der Waals surface area contributed by atoms with Gasteiger partial charge in [-0.3, -0.25) is 0 Å². The highest BCUT2D eigenvalue weighted by Gasteiger charge is 2.06. The van der Waals surface area contributed by atoms with Crippen molar-refractivity contribution in [2.45, 2.75) is 26.4 Å². The lowest BCUT2D eigenvalue weighted by atomic mass is 10.0. The third-order valence-electron chi connectivity index (χ3n) is 2.73. The van der Waals surface area contributed by atoms with E-state index in [0.29, 0.717) is 5.92 Å². The molecule has 0 heterocycles. The molecular weight excluding hydrogens is 196 g/mol. The number of hydrogen-bond donors (Lipinski definition) is 1. The van der Waals surface area contributed by atoms with Crippen LogP contribution in [-0.4, -0.2) is 11.2 Å². The van der Waals surface area contributed by atoms with Crippen molar-refractivity contribution in [3.63, 3.8) is 0 Å². The molecule has 0 aliphatic rings. The average Bonchev–Trinajstić information content (AvgIpc) is 2.34. The Bertz CT molecular complexity index is 338. The van der Waals surface area contributed by atoms with E-state index in [0.717, 1.165) is 6.42 Å². The molecule has 0 fully saturated rings. The average molecular weight is 216 g/mol. The highest BCUT2D eigenvalue weighted by molar-refractivity contribution is 5.50. The topological polar surface area (TPSA) is 20.2 Å². The quantitative estimate of drug-likeness (QED) is 0.745. The summed E-state index contributed by atoms with van der Waals surface area (Å²) in [7, 11) is 0. The zero-order valence-electron chi connectivity index (χ0n) is 10.0. The molecule has 0 saturated carbocycles. The fourth-order valence-electron chi connectivity index (χ4n) is 1.34. The van der Waals surface area contributed by atoms with E-state index in [4.69, 9.17) is 0 Å². The summed E-state index contributed by atoms with van der Waals surface area (Å²) >= 11 is 0. The van der Waals surface area contributed by atoms with E-state index in [1.54, 1.807) is 0 Å². The fraction of sp³-hybridized carbons (Fsp3) is 0.333. The number of rotatable bonds is 5. The fourth-order valence-corrected chi connectivity index (χ4v) is 1.34. The highest BCUT2D eigenvalue weighted by atomic mass is 16.3. The lowest BCUT2D eigenvalue weighted by Crippen LogP contribution is -2.13. The van der Waals surface area contributed by atoms with E-state index in [9.17, 15) is 5.11 Å². The molecule has 2 atom stereocenters. The van der Waals surface area contributed by atoms with Crippen LogP contribution in [0.1, 0.15) is 25.8 Å². The number of aliphatic hydroxyl groups excluding tert-OH is 1. The zero-order valence-corrected chi connectivity index (χ0v) is 10.0. The van der Waals surface area contributed by atoms with Crippen LogP contribution in [0.25, 0.3) is 6.08 Å². The summed E-state index contributed by atoms with van der Waals surface area (Å²) in [5.74, 6) is 0.321. The number of benzene rings is 1. The first-order valence-electron chi connectivity index (χ1n) is 5.82. The van der Waals surface area contributed by atoms with Crippen LogP contribution in [-0.2, 0) is 0 Å². The van der Waals surface area contributed by atoms with E-state index in [2.05, 4.69) is 26.0 Å². The molecule has 0 radical (unpaired) electrons. The minimum atomic E-state index is -0.342. The molecule has 0 saturated heterocycles. The van der Waals surface area contributed by atoms with Crippen LogP contribution in [0.5, 0.6) is 0 Å². The molecule has 1 N–H and O–H groups in total. The van der Waals surface area contributed by atoms with Crippen LogP contribution in [0, 0.1) is 5.92 Å². The van der Waals surface area contributed by atoms with Gasteiger partial charge in [0, 0.05) is 0 Å². The molecular formula is C15H20O. The summed E-state index contributed by atoms with van der Waals surface area (Å²) in [6.45, 7) is 4.14. The van der Waals surface area contributed by atoms with Crippen molar-refractivity contribution in [1.82, 2.24) is 0 Å². The van der Waals surface area contributed by atoms with Gasteiger partial charge in [-0.25, -0.2) is 0 Å². The van der Waals surface area contributed by atoms with Crippen molar-refractivity contribution in [1.29, 1.82) is 0 Å². The van der Waals surface area contributed by atoms with Crippen LogP contribution in [0.15, 0.2) is 48.6 Å². The second kappa shape index (κ2) is 7.02. The minimum Gasteiger partial charge on any atom is -0.389 e. The van der Waals surface area contributed by atoms with Gasteiger partial charge < -0.3 is 5.11 Å². The molecule has 1 nitrogen and oxygen atoms in total. The predicted molar refractivity (Wildman–Crippen MR) is 70.1 cm³/mol. The maximum Gasteiger partial charge on any atom is 0.0749 e. The van der Waals surface area contributed by atoms with Gasteiger partial charge in [0.15, 0.2) is 0 Å². The Morgan fingerprint density at radius 3 is 2.50 bits per heavy atom. The Balaban J connectivity index is 2.45. The molecule has 0 aliphatic heterocycles. The summed E-state index contributed by atoms with van der Waals surface area (Å²) in [5.41, 5.74) is 1.17. The standard InChI is InChI=1S/C15H20O/c1-3-13(2)15(16)12-8-7-11-14-9-5-4-6-10-14/h4-13,15-16H,3H2,1-2H3/b11-7+,12-8+. The third kappa shape index (κ3) is 4.45. The first-order chi connectivity index (χ1) is 7.74. The smallest absolute Gasteiger partial charge is 0.0749 e. The van der Waals surface area contributed by atoms with Gasteiger partial charge in [0.25, 0.3) is 0 Å². The zero-order chi connectivity index (χ0) is 11.8. The van der Waals surface area contributed by atoms with E-state index in [1.165, 1.54) is 5.56 Å². The van der Waals surface area contributed by atoms with Crippen molar-refractivity contribution in [2.75, 3.05) is 0 Å². The largest absolute Gasteiger partial charge is 0.389 e. The predicted octanol–water partition coefficient (Wildman–Crippen LogP) is 3.66. The molecule has 0 spiro atoms. The van der Waals surface area contributed by atoms with Crippen LogP contribution < -0.4 is 0 Å². The molecule has 1 rings (SSSR count). The molecule has 1 aromatic carbocycles. The van der Waals surface area contributed by atoms with Crippen molar-refractivity contribution >= 4 is 6.08 Å². The van der Waals surface area contributed by atoms with Crippen LogP contribution in [0.4, 0.5) is 0 Å². The molecule has 1 heteroatoms. The van der Waals surface area contributed by atoms with Gasteiger partial charge in [0.2, 0.25) is 0 Å². The number of allylic oxidation sites excluding steroid dienone is 2.